The highest BCUT2D eigenvalue weighted by atomic mass is 16.3. The van der Waals surface area contributed by atoms with E-state index in [9.17, 15) is 0 Å². The van der Waals surface area contributed by atoms with Crippen molar-refractivity contribution in [3.8, 4) is 5.69 Å². The second kappa shape index (κ2) is 11.2. The first-order valence-electron chi connectivity index (χ1n) is 14.9. The molecule has 0 N–H and O–H groups in total. The number of aromatic nitrogens is 1. The summed E-state index contributed by atoms with van der Waals surface area (Å²) in [6.07, 6.45) is 12.2. The van der Waals surface area contributed by atoms with Crippen LogP contribution in [0.3, 0.4) is 0 Å². The number of rotatable bonds is 8. The molecule has 214 valence electrons. The smallest absolute Gasteiger partial charge is 0.138 e. The Hall–Kier alpha value is -5.61. The molecule has 0 spiro atoms. The number of fused-ring (bicyclic) bond motifs is 9. The van der Waals surface area contributed by atoms with Gasteiger partial charge in [0, 0.05) is 40.2 Å². The number of allylic oxidation sites excluding steroid dienone is 2. The molecule has 5 aromatic carbocycles. The molecule has 44 heavy (non-hydrogen) atoms. The molecule has 0 unspecified atom stereocenters. The quantitative estimate of drug-likeness (QED) is 0.134. The van der Waals surface area contributed by atoms with Crippen molar-refractivity contribution >= 4 is 73.0 Å². The van der Waals surface area contributed by atoms with E-state index in [0.717, 1.165) is 62.0 Å². The van der Waals surface area contributed by atoms with Crippen molar-refractivity contribution in [3.63, 3.8) is 0 Å². The van der Waals surface area contributed by atoms with Crippen molar-refractivity contribution in [1.82, 2.24) is 9.47 Å². The van der Waals surface area contributed by atoms with Gasteiger partial charge in [-0.3, -0.25) is 4.99 Å². The minimum absolute atomic E-state index is 0.718. The molecule has 0 fully saturated rings. The van der Waals surface area contributed by atoms with Crippen LogP contribution in [0.1, 0.15) is 25.0 Å². The summed E-state index contributed by atoms with van der Waals surface area (Å²) in [7, 11) is 0. The first-order chi connectivity index (χ1) is 21.7. The van der Waals surface area contributed by atoms with Gasteiger partial charge in [-0.2, -0.15) is 0 Å². The Morgan fingerprint density at radius 1 is 0.841 bits per heavy atom. The van der Waals surface area contributed by atoms with E-state index in [4.69, 9.17) is 4.42 Å². The summed E-state index contributed by atoms with van der Waals surface area (Å²) in [6, 6.07) is 32.2. The number of hydrogen-bond acceptors (Lipinski definition) is 3. The van der Waals surface area contributed by atoms with Gasteiger partial charge in [0.1, 0.15) is 11.2 Å². The number of para-hydroxylation sites is 1. The normalized spacial score (nSPS) is 12.5. The van der Waals surface area contributed by atoms with E-state index in [1.165, 1.54) is 21.5 Å². The fourth-order valence-corrected chi connectivity index (χ4v) is 6.33. The Morgan fingerprint density at radius 2 is 1.61 bits per heavy atom. The average molecular weight is 572 g/mol. The van der Waals surface area contributed by atoms with Crippen molar-refractivity contribution in [2.75, 3.05) is 6.54 Å². The van der Waals surface area contributed by atoms with Crippen LogP contribution in [-0.4, -0.2) is 22.7 Å². The van der Waals surface area contributed by atoms with Crippen LogP contribution in [0.5, 0.6) is 0 Å². The van der Waals surface area contributed by atoms with Crippen molar-refractivity contribution in [2.24, 2.45) is 4.99 Å². The largest absolute Gasteiger partial charge is 0.456 e. The van der Waals surface area contributed by atoms with E-state index >= 15 is 0 Å². The first kappa shape index (κ1) is 27.2. The molecular weight excluding hydrogens is 538 g/mol. The standard InChI is InChI=1S/C40H33N3O/c1-5-8-24-42(7-3)26-33(41-4)28-18-21-30(22-19-28)43-34-23-20-27-14-9-10-15-31(27)38(34)37-29(13-6-2)25-36-39(40(37)43)32-16-11-12-17-35(32)44-36/h5-23,25-26H,3-4,24H2,1-2H3/b8-5-,13-6+,33-26-. The van der Waals surface area contributed by atoms with E-state index in [-0.39, 0.29) is 0 Å². The number of benzene rings is 5. The zero-order valence-corrected chi connectivity index (χ0v) is 25.0. The van der Waals surface area contributed by atoms with Gasteiger partial charge in [0.05, 0.1) is 22.1 Å². The molecule has 0 atom stereocenters. The summed E-state index contributed by atoms with van der Waals surface area (Å²) in [5, 5.41) is 7.13. The van der Waals surface area contributed by atoms with Crippen LogP contribution in [0.25, 0.3) is 72.0 Å². The molecule has 4 nitrogen and oxygen atoms in total. The van der Waals surface area contributed by atoms with E-state index < -0.39 is 0 Å². The molecule has 7 aromatic rings. The Balaban J connectivity index is 1.56. The van der Waals surface area contributed by atoms with Crippen LogP contribution < -0.4 is 0 Å². The highest BCUT2D eigenvalue weighted by Crippen LogP contribution is 2.45. The molecule has 4 heteroatoms. The lowest BCUT2D eigenvalue weighted by atomic mass is 9.98. The van der Waals surface area contributed by atoms with E-state index in [2.05, 4.69) is 127 Å². The second-order valence-electron chi connectivity index (χ2n) is 10.8. The van der Waals surface area contributed by atoms with Gasteiger partial charge >= 0.3 is 0 Å². The molecule has 7 rings (SSSR count). The van der Waals surface area contributed by atoms with Crippen LogP contribution in [0.2, 0.25) is 0 Å². The SMILES string of the molecule is C=CN(/C=C(\N=C)c1ccc(-n2c3ccc4ccccc4c3c3c(/C=C/C)cc4oc5ccccc5c4c32)cc1)C/C=C\C. The van der Waals surface area contributed by atoms with Crippen LogP contribution in [0.4, 0.5) is 0 Å². The van der Waals surface area contributed by atoms with Gasteiger partial charge in [-0.25, -0.2) is 0 Å². The van der Waals surface area contributed by atoms with Crippen LogP contribution in [0.15, 0.2) is 138 Å². The Bertz CT molecular complexity index is 2300. The van der Waals surface area contributed by atoms with Gasteiger partial charge in [0.25, 0.3) is 0 Å². The van der Waals surface area contributed by atoms with Crippen molar-refractivity contribution in [2.45, 2.75) is 13.8 Å². The number of furan rings is 1. The molecule has 0 aliphatic heterocycles. The zero-order chi connectivity index (χ0) is 30.2. The summed E-state index contributed by atoms with van der Waals surface area (Å²) >= 11 is 0. The summed E-state index contributed by atoms with van der Waals surface area (Å²) in [6.45, 7) is 12.6. The summed E-state index contributed by atoms with van der Waals surface area (Å²) < 4.78 is 8.86. The molecular formula is C40H33N3O. The minimum atomic E-state index is 0.718. The topological polar surface area (TPSA) is 33.7 Å². The lowest BCUT2D eigenvalue weighted by Gasteiger charge is -2.15. The van der Waals surface area contributed by atoms with Crippen LogP contribution in [0, 0.1) is 0 Å². The maximum absolute atomic E-state index is 6.47. The van der Waals surface area contributed by atoms with Gasteiger partial charge in [-0.15, -0.1) is 0 Å². The summed E-state index contributed by atoms with van der Waals surface area (Å²) in [4.78, 5) is 6.35. The predicted octanol–water partition coefficient (Wildman–Crippen LogP) is 10.9. The highest BCUT2D eigenvalue weighted by Gasteiger charge is 2.22. The monoisotopic (exact) mass is 571 g/mol. The van der Waals surface area contributed by atoms with Crippen molar-refractivity contribution in [1.29, 1.82) is 0 Å². The van der Waals surface area contributed by atoms with Crippen molar-refractivity contribution < 1.29 is 4.42 Å². The maximum Gasteiger partial charge on any atom is 0.138 e. The number of aliphatic imine (C=N–C) groups is 1. The van der Waals surface area contributed by atoms with Gasteiger partial charge in [0.15, 0.2) is 0 Å². The molecule has 0 saturated carbocycles. The van der Waals surface area contributed by atoms with E-state index in [0.29, 0.717) is 0 Å². The van der Waals surface area contributed by atoms with Crippen LogP contribution >= 0.6 is 0 Å². The zero-order valence-electron chi connectivity index (χ0n) is 25.0. The average Bonchev–Trinajstić information content (AvgIpc) is 3.61. The first-order valence-corrected chi connectivity index (χ1v) is 14.9. The number of hydrogen-bond donors (Lipinski definition) is 0. The Labute approximate surface area is 256 Å². The summed E-state index contributed by atoms with van der Waals surface area (Å²) in [5.41, 5.74) is 8.02. The van der Waals surface area contributed by atoms with E-state index in [1.54, 1.807) is 6.20 Å². The Kier molecular flexibility index (Phi) is 6.95. The molecule has 0 aliphatic carbocycles. The minimum Gasteiger partial charge on any atom is -0.456 e. The van der Waals surface area contributed by atoms with Crippen molar-refractivity contribution in [3.05, 3.63) is 139 Å². The molecule has 2 heterocycles. The molecule has 0 radical (unpaired) electrons. The summed E-state index contributed by atoms with van der Waals surface area (Å²) in [5.74, 6) is 0. The maximum atomic E-state index is 6.47. The molecule has 2 aromatic heterocycles. The molecule has 0 saturated heterocycles. The predicted molar refractivity (Wildman–Crippen MR) is 190 cm³/mol. The Morgan fingerprint density at radius 3 is 2.36 bits per heavy atom. The third-order valence-corrected chi connectivity index (χ3v) is 8.31. The van der Waals surface area contributed by atoms with Gasteiger partial charge in [-0.1, -0.05) is 91.5 Å². The fraction of sp³-hybridized carbons (Fsp3) is 0.0750. The van der Waals surface area contributed by atoms with E-state index in [1.807, 2.05) is 36.2 Å². The third kappa shape index (κ3) is 4.35. The second-order valence-corrected chi connectivity index (χ2v) is 10.8. The van der Waals surface area contributed by atoms with Crippen LogP contribution in [-0.2, 0) is 0 Å². The van der Waals surface area contributed by atoms with Gasteiger partial charge in [-0.05, 0) is 73.4 Å². The lowest BCUT2D eigenvalue weighted by Crippen LogP contribution is -2.09. The highest BCUT2D eigenvalue weighted by molar-refractivity contribution is 6.31. The van der Waals surface area contributed by atoms with Gasteiger partial charge < -0.3 is 13.9 Å². The van der Waals surface area contributed by atoms with Gasteiger partial charge in [0.2, 0.25) is 0 Å². The number of nitrogens with zero attached hydrogens (tertiary/aromatic N) is 3. The lowest BCUT2D eigenvalue weighted by molar-refractivity contribution is 0.568. The molecule has 0 aliphatic rings. The molecule has 0 bridgehead atoms. The molecule has 0 amide bonds. The third-order valence-electron chi connectivity index (χ3n) is 8.31. The fourth-order valence-electron chi connectivity index (χ4n) is 6.33.